The quantitative estimate of drug-likeness (QED) is 0.0261. The number of hydrogen-bond acceptors (Lipinski definition) is 6. The van der Waals surface area contributed by atoms with Crippen molar-refractivity contribution >= 4 is 17.9 Å². The normalized spacial score (nSPS) is 12.2. The first kappa shape index (κ1) is 80.6. The Morgan fingerprint density at radius 3 is 0.687 bits per heavy atom. The zero-order chi connectivity index (χ0) is 59.9. The highest BCUT2D eigenvalue weighted by molar-refractivity contribution is 5.71. The predicted octanol–water partition coefficient (Wildman–Crippen LogP) is 25.9. The molecule has 488 valence electrons. The Balaban J connectivity index is 4.19. The van der Waals surface area contributed by atoms with Crippen LogP contribution in [-0.4, -0.2) is 37.2 Å². The number of carbonyl (C=O) groups excluding carboxylic acids is 3. The van der Waals surface area contributed by atoms with Crippen LogP contribution in [0, 0.1) is 0 Å². The van der Waals surface area contributed by atoms with E-state index in [0.29, 0.717) is 19.3 Å². The molecule has 0 saturated heterocycles. The van der Waals surface area contributed by atoms with Gasteiger partial charge in [-0.05, 0) is 77.0 Å². The molecule has 0 N–H and O–H groups in total. The van der Waals surface area contributed by atoms with Crippen LogP contribution in [0.5, 0.6) is 0 Å². The Bertz CT molecular complexity index is 1380. The van der Waals surface area contributed by atoms with E-state index in [1.807, 2.05) is 0 Å². The van der Waals surface area contributed by atoms with Crippen LogP contribution in [0.1, 0.15) is 419 Å². The number of carbonyl (C=O) groups is 3. The van der Waals surface area contributed by atoms with Crippen LogP contribution in [0.2, 0.25) is 0 Å². The zero-order valence-electron chi connectivity index (χ0n) is 56.2. The predicted molar refractivity (Wildman–Crippen MR) is 362 cm³/mol. The molecule has 6 heteroatoms. The highest BCUT2D eigenvalue weighted by Crippen LogP contribution is 2.19. The van der Waals surface area contributed by atoms with Crippen molar-refractivity contribution in [3.63, 3.8) is 0 Å². The second kappa shape index (κ2) is 72.1. The third-order valence-electron chi connectivity index (χ3n) is 17.1. The van der Waals surface area contributed by atoms with Gasteiger partial charge in [-0.2, -0.15) is 0 Å². The average Bonchev–Trinajstić information content (AvgIpc) is 3.49. The van der Waals surface area contributed by atoms with E-state index < -0.39 is 6.10 Å². The van der Waals surface area contributed by atoms with Gasteiger partial charge >= 0.3 is 17.9 Å². The Hall–Kier alpha value is -2.37. The first-order chi connectivity index (χ1) is 41.0. The zero-order valence-corrected chi connectivity index (χ0v) is 56.2. The fourth-order valence-corrected chi connectivity index (χ4v) is 11.5. The number of esters is 3. The Kier molecular flexibility index (Phi) is 70.0. The molecule has 0 aliphatic heterocycles. The maximum atomic E-state index is 13.0. The van der Waals surface area contributed by atoms with E-state index in [0.717, 1.165) is 77.0 Å². The maximum Gasteiger partial charge on any atom is 0.306 e. The number of hydrogen-bond donors (Lipinski definition) is 0. The minimum Gasteiger partial charge on any atom is -0.462 e. The summed E-state index contributed by atoms with van der Waals surface area (Å²) in [6, 6.07) is 0. The van der Waals surface area contributed by atoms with Crippen molar-refractivity contribution in [3.05, 3.63) is 36.5 Å². The van der Waals surface area contributed by atoms with E-state index in [9.17, 15) is 14.4 Å². The van der Waals surface area contributed by atoms with Crippen molar-refractivity contribution in [2.75, 3.05) is 13.2 Å². The monoisotopic (exact) mass is 1170 g/mol. The number of ether oxygens (including phenoxy) is 3. The molecule has 0 saturated carbocycles. The molecule has 83 heavy (non-hydrogen) atoms. The van der Waals surface area contributed by atoms with Crippen LogP contribution in [-0.2, 0) is 28.6 Å². The van der Waals surface area contributed by atoms with Gasteiger partial charge in [0.1, 0.15) is 13.2 Å². The Morgan fingerprint density at radius 2 is 0.434 bits per heavy atom. The lowest BCUT2D eigenvalue weighted by Crippen LogP contribution is -2.30. The van der Waals surface area contributed by atoms with Gasteiger partial charge in [-0.15, -0.1) is 0 Å². The fourth-order valence-electron chi connectivity index (χ4n) is 11.5. The van der Waals surface area contributed by atoms with Crippen LogP contribution < -0.4 is 0 Å². The standard InChI is InChI=1S/C77H144O6/c1-4-7-10-13-16-19-22-25-28-31-33-34-35-36-37-38-39-40-41-42-43-44-45-47-49-52-55-58-61-64-67-70-76(79)82-73-74(72-81-75(78)69-66-63-60-57-54-51-48-30-27-24-21-18-15-12-9-6-3)83-77(80)71-68-65-62-59-56-53-50-46-32-29-26-23-20-17-14-11-8-5-2/h21,24,29-30,32,48,74H,4-20,22-23,25-28,31,33-47,49-73H2,1-3H3/b24-21-,32-29-,48-30-. The molecular formula is C77H144O6. The third-order valence-corrected chi connectivity index (χ3v) is 17.1. The molecule has 0 aromatic rings. The van der Waals surface area contributed by atoms with Gasteiger partial charge in [0, 0.05) is 19.3 Å². The molecule has 0 spiro atoms. The SMILES string of the molecule is CCCCCC/C=C\C/C=C\CCCCCCCC(=O)OCC(COC(=O)CCCCCCCCCCCCCCCCCCCCCCCCCCCCCCCCC)OC(=O)CCCCCCCCC/C=C\CCCCCCCCC. The van der Waals surface area contributed by atoms with E-state index in [4.69, 9.17) is 14.2 Å². The molecule has 1 atom stereocenters. The third kappa shape index (κ3) is 70.3. The van der Waals surface area contributed by atoms with Gasteiger partial charge in [-0.3, -0.25) is 14.4 Å². The minimum atomic E-state index is -0.780. The van der Waals surface area contributed by atoms with Gasteiger partial charge in [0.25, 0.3) is 0 Å². The topological polar surface area (TPSA) is 78.9 Å². The van der Waals surface area contributed by atoms with E-state index >= 15 is 0 Å². The lowest BCUT2D eigenvalue weighted by molar-refractivity contribution is -0.167. The first-order valence-corrected chi connectivity index (χ1v) is 37.5. The summed E-state index contributed by atoms with van der Waals surface area (Å²) in [6.45, 7) is 6.69. The minimum absolute atomic E-state index is 0.0739. The van der Waals surface area contributed by atoms with Crippen molar-refractivity contribution in [1.82, 2.24) is 0 Å². The Morgan fingerprint density at radius 1 is 0.241 bits per heavy atom. The molecule has 0 aliphatic carbocycles. The summed E-state index contributed by atoms with van der Waals surface area (Å²) in [7, 11) is 0. The second-order valence-electron chi connectivity index (χ2n) is 25.6. The highest BCUT2D eigenvalue weighted by Gasteiger charge is 2.20. The van der Waals surface area contributed by atoms with Crippen molar-refractivity contribution in [2.24, 2.45) is 0 Å². The van der Waals surface area contributed by atoms with Gasteiger partial charge in [-0.25, -0.2) is 0 Å². The van der Waals surface area contributed by atoms with E-state index in [1.165, 1.54) is 302 Å². The molecule has 0 aromatic carbocycles. The fraction of sp³-hybridized carbons (Fsp3) is 0.883. The summed E-state index contributed by atoms with van der Waals surface area (Å²) in [5.41, 5.74) is 0. The second-order valence-corrected chi connectivity index (χ2v) is 25.6. The molecule has 0 heterocycles. The highest BCUT2D eigenvalue weighted by atomic mass is 16.6. The van der Waals surface area contributed by atoms with Gasteiger partial charge in [-0.1, -0.05) is 359 Å². The average molecular weight is 1170 g/mol. The van der Waals surface area contributed by atoms with Crippen LogP contribution in [0.4, 0.5) is 0 Å². The van der Waals surface area contributed by atoms with E-state index in [1.54, 1.807) is 0 Å². The summed E-state index contributed by atoms with van der Waals surface area (Å²) in [6.07, 6.45) is 90.5. The molecule has 1 unspecified atom stereocenters. The van der Waals surface area contributed by atoms with Crippen molar-refractivity contribution in [1.29, 1.82) is 0 Å². The van der Waals surface area contributed by atoms with Crippen molar-refractivity contribution in [2.45, 2.75) is 425 Å². The summed E-state index contributed by atoms with van der Waals surface area (Å²) >= 11 is 0. The maximum absolute atomic E-state index is 13.0. The summed E-state index contributed by atoms with van der Waals surface area (Å²) < 4.78 is 17.0. The van der Waals surface area contributed by atoms with E-state index in [-0.39, 0.29) is 31.1 Å². The molecular weight excluding hydrogens is 1020 g/mol. The summed E-state index contributed by atoms with van der Waals surface area (Å²) in [5.74, 6) is -0.863. The van der Waals surface area contributed by atoms with Crippen LogP contribution in [0.15, 0.2) is 36.5 Å². The van der Waals surface area contributed by atoms with Crippen molar-refractivity contribution in [3.8, 4) is 0 Å². The summed E-state index contributed by atoms with van der Waals surface area (Å²) in [5, 5.41) is 0. The molecule has 0 fully saturated rings. The van der Waals surface area contributed by atoms with Gasteiger partial charge in [0.05, 0.1) is 0 Å². The molecule has 0 amide bonds. The number of allylic oxidation sites excluding steroid dienone is 6. The van der Waals surface area contributed by atoms with Crippen LogP contribution in [0.25, 0.3) is 0 Å². The lowest BCUT2D eigenvalue weighted by Gasteiger charge is -2.18. The summed E-state index contributed by atoms with van der Waals surface area (Å²) in [4.78, 5) is 38.5. The van der Waals surface area contributed by atoms with Gasteiger partial charge in [0.2, 0.25) is 0 Å². The van der Waals surface area contributed by atoms with Crippen LogP contribution >= 0.6 is 0 Å². The number of rotatable bonds is 70. The molecule has 0 aliphatic rings. The molecule has 0 bridgehead atoms. The van der Waals surface area contributed by atoms with Crippen LogP contribution in [0.3, 0.4) is 0 Å². The largest absolute Gasteiger partial charge is 0.462 e. The molecule has 0 radical (unpaired) electrons. The number of unbranched alkanes of at least 4 members (excludes halogenated alkanes) is 53. The molecule has 0 aromatic heterocycles. The molecule has 6 nitrogen and oxygen atoms in total. The smallest absolute Gasteiger partial charge is 0.306 e. The van der Waals surface area contributed by atoms with Gasteiger partial charge in [0.15, 0.2) is 6.10 Å². The van der Waals surface area contributed by atoms with E-state index in [2.05, 4.69) is 57.2 Å². The first-order valence-electron chi connectivity index (χ1n) is 37.5. The van der Waals surface area contributed by atoms with Gasteiger partial charge < -0.3 is 14.2 Å². The molecule has 0 rings (SSSR count). The Labute approximate surface area is 518 Å². The lowest BCUT2D eigenvalue weighted by atomic mass is 10.0. The van der Waals surface area contributed by atoms with Crippen molar-refractivity contribution < 1.29 is 28.6 Å².